The smallest absolute Gasteiger partial charge is 0.333 e. The van der Waals surface area contributed by atoms with Crippen LogP contribution in [0.4, 0.5) is 0 Å². The number of rotatable bonds is 8. The van der Waals surface area contributed by atoms with Crippen molar-refractivity contribution in [2.75, 3.05) is 6.61 Å². The van der Waals surface area contributed by atoms with Crippen LogP contribution in [-0.4, -0.2) is 125 Å². The first-order valence-electron chi connectivity index (χ1n) is 20.0. The lowest BCUT2D eigenvalue weighted by atomic mass is 9.96. The maximum absolute atomic E-state index is 13.3. The maximum Gasteiger partial charge on any atom is 0.333 e. The average Bonchev–Trinajstić information content (AvgIpc) is 3.20. The molecule has 0 aromatic heterocycles. The fraction of sp³-hybridized carbons (Fsp3) is 0.643. The Hall–Kier alpha value is -4.03. The van der Waals surface area contributed by atoms with Gasteiger partial charge in [0.25, 0.3) is 0 Å². The summed E-state index contributed by atoms with van der Waals surface area (Å²) >= 11 is 0. The van der Waals surface area contributed by atoms with Gasteiger partial charge in [-0.15, -0.1) is 0 Å². The Labute approximate surface area is 338 Å². The number of aliphatic hydroxyl groups excluding tert-OH is 3. The number of Topliss-reactive ketones (excluding diaryl/α,β-unsaturated/α-hetero) is 1. The summed E-state index contributed by atoms with van der Waals surface area (Å²) in [6, 6.07) is 8.84. The molecule has 4 rings (SSSR count). The lowest BCUT2D eigenvalue weighted by Crippen LogP contribution is -2.65. The van der Waals surface area contributed by atoms with Crippen LogP contribution in [0.3, 0.4) is 0 Å². The van der Waals surface area contributed by atoms with Gasteiger partial charge in [0.05, 0.1) is 18.6 Å². The van der Waals surface area contributed by atoms with E-state index in [-0.39, 0.29) is 18.4 Å². The number of hydrogen-bond acceptors (Lipinski definition) is 16. The summed E-state index contributed by atoms with van der Waals surface area (Å²) in [6.07, 6.45) is -9.21. The summed E-state index contributed by atoms with van der Waals surface area (Å²) in [5.41, 5.74) is 0.825. The molecule has 0 saturated carbocycles. The Morgan fingerprint density at radius 3 is 2.24 bits per heavy atom. The average molecular weight is 819 g/mol. The second kappa shape index (κ2) is 22.9. The van der Waals surface area contributed by atoms with Gasteiger partial charge in [-0.05, 0) is 58.1 Å². The van der Waals surface area contributed by atoms with Crippen LogP contribution < -0.4 is 0 Å². The van der Waals surface area contributed by atoms with Gasteiger partial charge in [0.15, 0.2) is 36.7 Å². The maximum atomic E-state index is 13.3. The van der Waals surface area contributed by atoms with Crippen LogP contribution in [-0.2, 0) is 61.9 Å². The summed E-state index contributed by atoms with van der Waals surface area (Å²) in [7, 11) is 0. The minimum Gasteiger partial charge on any atom is -0.463 e. The van der Waals surface area contributed by atoms with E-state index in [4.69, 9.17) is 37.9 Å². The molecule has 1 aromatic rings. The van der Waals surface area contributed by atoms with Crippen molar-refractivity contribution >= 4 is 35.7 Å². The first-order valence-corrected chi connectivity index (χ1v) is 20.0. The van der Waals surface area contributed by atoms with Gasteiger partial charge >= 0.3 is 23.9 Å². The highest BCUT2D eigenvalue weighted by atomic mass is 16.8. The molecule has 16 heteroatoms. The molecule has 1 aromatic carbocycles. The Balaban J connectivity index is 1.73. The minimum atomic E-state index is -1.89. The van der Waals surface area contributed by atoms with E-state index in [2.05, 4.69) is 0 Å². The van der Waals surface area contributed by atoms with Gasteiger partial charge in [0.2, 0.25) is 0 Å². The minimum absolute atomic E-state index is 0.154. The van der Waals surface area contributed by atoms with Gasteiger partial charge < -0.3 is 53.2 Å². The Bertz CT molecular complexity index is 1580. The molecule has 0 amide bonds. The molecule has 3 saturated heterocycles. The lowest BCUT2D eigenvalue weighted by molar-refractivity contribution is -0.369. The number of ketones is 1. The van der Waals surface area contributed by atoms with Gasteiger partial charge in [-0.25, -0.2) is 9.59 Å². The molecule has 3 fully saturated rings. The number of benzene rings is 1. The normalized spacial score (nSPS) is 33.6. The Morgan fingerprint density at radius 1 is 0.828 bits per heavy atom. The third-order valence-corrected chi connectivity index (χ3v) is 10.2. The van der Waals surface area contributed by atoms with Crippen molar-refractivity contribution in [1.82, 2.24) is 0 Å². The van der Waals surface area contributed by atoms with Crippen LogP contribution in [0.2, 0.25) is 0 Å². The number of ether oxygens (including phenoxy) is 8. The fourth-order valence-corrected chi connectivity index (χ4v) is 6.86. The Morgan fingerprint density at radius 2 is 1.55 bits per heavy atom. The molecule has 322 valence electrons. The van der Waals surface area contributed by atoms with E-state index in [1.165, 1.54) is 26.0 Å². The summed E-state index contributed by atoms with van der Waals surface area (Å²) in [5, 5.41) is 34.1. The molecule has 0 aliphatic carbocycles. The van der Waals surface area contributed by atoms with E-state index >= 15 is 0 Å². The van der Waals surface area contributed by atoms with Gasteiger partial charge in [0, 0.05) is 25.0 Å². The first-order chi connectivity index (χ1) is 27.7. The highest BCUT2D eigenvalue weighted by Crippen LogP contribution is 2.34. The largest absolute Gasteiger partial charge is 0.463 e. The zero-order valence-electron chi connectivity index (χ0n) is 33.8. The molecular formula is C42H58O16. The second-order valence-electron chi connectivity index (χ2n) is 14.7. The molecule has 10 unspecified atom stereocenters. The van der Waals surface area contributed by atoms with Gasteiger partial charge in [-0.1, -0.05) is 62.6 Å². The predicted molar refractivity (Wildman–Crippen MR) is 204 cm³/mol. The third-order valence-electron chi connectivity index (χ3n) is 10.2. The first kappa shape index (κ1) is 46.7. The highest BCUT2D eigenvalue weighted by molar-refractivity contribution is 5.89. The van der Waals surface area contributed by atoms with E-state index < -0.39 is 116 Å². The van der Waals surface area contributed by atoms with Crippen molar-refractivity contribution in [3.63, 3.8) is 0 Å². The summed E-state index contributed by atoms with van der Waals surface area (Å²) < 4.78 is 47.1. The van der Waals surface area contributed by atoms with E-state index in [0.717, 1.165) is 12.5 Å². The van der Waals surface area contributed by atoms with Crippen LogP contribution in [0, 0.1) is 0 Å². The molecule has 16 nitrogen and oxygen atoms in total. The van der Waals surface area contributed by atoms with Crippen LogP contribution in [0.15, 0.2) is 48.1 Å². The summed E-state index contributed by atoms with van der Waals surface area (Å²) in [4.78, 5) is 64.6. The van der Waals surface area contributed by atoms with Crippen molar-refractivity contribution in [2.24, 2.45) is 0 Å². The molecule has 58 heavy (non-hydrogen) atoms. The van der Waals surface area contributed by atoms with Crippen LogP contribution in [0.5, 0.6) is 0 Å². The molecule has 12 atom stereocenters. The topological polar surface area (TPSA) is 220 Å². The monoisotopic (exact) mass is 818 g/mol. The zero-order chi connectivity index (χ0) is 42.4. The standard InChI is InChI=1S/C42H58O16/c1-6-14-28-17-12-9-13-18-30(53-26(5)43)29(44)20-22-32(45)51-23-31-37(56-33(46)21-19-27-15-10-8-11-16-27)38(57-40(50)24(3)7-2)36(49)41(55-31)58-39-35(48)34(47)25(4)52-42(39)54-28/h7-8,10-11,15-16,19,21,25,28,30-31,34-39,41-42,47-49H,6,9,12-14,17-18,20,22-23H2,1-5H3/b21-19+,24-7+/t25?,28-,30-,31?,34?,35?,36?,37?,38?,39?,41?,42?/m0/s1. The number of hydrogen-bond donors (Lipinski definition) is 3. The van der Waals surface area contributed by atoms with Crippen molar-refractivity contribution in [1.29, 1.82) is 0 Å². The summed E-state index contributed by atoms with van der Waals surface area (Å²) in [5.74, 6) is -3.75. The number of allylic oxidation sites excluding steroid dienone is 1. The molecule has 0 spiro atoms. The number of carbonyl (C=O) groups is 5. The summed E-state index contributed by atoms with van der Waals surface area (Å²) in [6.45, 7) is 7.16. The van der Waals surface area contributed by atoms with Crippen molar-refractivity contribution in [2.45, 2.75) is 166 Å². The van der Waals surface area contributed by atoms with Gasteiger partial charge in [-0.2, -0.15) is 0 Å². The highest BCUT2D eigenvalue weighted by Gasteiger charge is 2.54. The van der Waals surface area contributed by atoms with Gasteiger partial charge in [0.1, 0.15) is 37.1 Å². The quantitative estimate of drug-likeness (QED) is 0.194. The number of cyclic esters (lactones) is 1. The molecule has 3 heterocycles. The van der Waals surface area contributed by atoms with E-state index in [1.54, 1.807) is 44.2 Å². The van der Waals surface area contributed by atoms with Crippen LogP contribution in [0.25, 0.3) is 6.08 Å². The number of esters is 4. The van der Waals surface area contributed by atoms with Crippen LogP contribution >= 0.6 is 0 Å². The second-order valence-corrected chi connectivity index (χ2v) is 14.7. The lowest BCUT2D eigenvalue weighted by Gasteiger charge is -2.47. The number of carbonyl (C=O) groups excluding carboxylic acids is 5. The molecule has 2 bridgehead atoms. The van der Waals surface area contributed by atoms with E-state index in [1.807, 2.05) is 6.92 Å². The molecular weight excluding hydrogens is 760 g/mol. The van der Waals surface area contributed by atoms with Gasteiger partial charge in [-0.3, -0.25) is 14.4 Å². The zero-order valence-corrected chi connectivity index (χ0v) is 33.8. The SMILES string of the molecule is C/C=C(\C)C(=O)OC1C(O)C2OC(COC(=O)CCC(=O)[C@@H](OC(C)=O)CCCCC[C@H](CCC)OC3OC(C)C(O)C(O)C3O2)C1OC(=O)/C=C/c1ccccc1. The number of fused-ring (bicyclic) bond motifs is 3. The molecule has 3 N–H and O–H groups in total. The van der Waals surface area contributed by atoms with Crippen molar-refractivity contribution in [3.8, 4) is 0 Å². The number of aliphatic hydroxyl groups is 3. The van der Waals surface area contributed by atoms with Crippen molar-refractivity contribution in [3.05, 3.63) is 53.6 Å². The molecule has 0 radical (unpaired) electrons. The predicted octanol–water partition coefficient (Wildman–Crippen LogP) is 3.40. The van der Waals surface area contributed by atoms with E-state index in [9.17, 15) is 39.3 Å². The van der Waals surface area contributed by atoms with Crippen molar-refractivity contribution < 1.29 is 77.2 Å². The third kappa shape index (κ3) is 13.5. The molecule has 3 aliphatic heterocycles. The van der Waals surface area contributed by atoms with E-state index in [0.29, 0.717) is 37.7 Å². The van der Waals surface area contributed by atoms with Crippen LogP contribution in [0.1, 0.15) is 98.0 Å². The Kier molecular flexibility index (Phi) is 18.5. The molecule has 3 aliphatic rings. The fourth-order valence-electron chi connectivity index (χ4n) is 6.86.